The maximum absolute atomic E-state index is 13.4. The molecule has 0 amide bonds. The lowest BCUT2D eigenvalue weighted by Crippen LogP contribution is -2.18. The Kier molecular flexibility index (Phi) is 5.93. The Bertz CT molecular complexity index is 477. The van der Waals surface area contributed by atoms with Gasteiger partial charge in [-0.1, -0.05) is 11.8 Å². The Labute approximate surface area is 112 Å². The number of hydrogen-bond donors (Lipinski definition) is 0. The molecule has 0 fully saturated rings. The lowest BCUT2D eigenvalue weighted by Gasteiger charge is -2.09. The van der Waals surface area contributed by atoms with Gasteiger partial charge in [-0.2, -0.15) is 0 Å². The third-order valence-corrected chi connectivity index (χ3v) is 1.98. The van der Waals surface area contributed by atoms with Crippen LogP contribution in [0.2, 0.25) is 0 Å². The average molecular weight is 297 g/mol. The first-order chi connectivity index (χ1) is 8.92. The van der Waals surface area contributed by atoms with E-state index in [0.29, 0.717) is 0 Å². The van der Waals surface area contributed by atoms with Crippen LogP contribution in [0, 0.1) is 17.7 Å². The number of halogens is 5. The molecule has 0 unspecified atom stereocenters. The van der Waals surface area contributed by atoms with Gasteiger partial charge in [-0.3, -0.25) is 4.74 Å². The molecule has 0 aromatic heterocycles. The van der Waals surface area contributed by atoms with Crippen LogP contribution in [0.1, 0.15) is 5.56 Å². The maximum Gasteiger partial charge on any atom is 0.522 e. The highest BCUT2D eigenvalue weighted by atomic mass is 35.5. The molecule has 2 nitrogen and oxygen atoms in total. The second-order valence-corrected chi connectivity index (χ2v) is 3.49. The van der Waals surface area contributed by atoms with Gasteiger partial charge >= 0.3 is 6.36 Å². The van der Waals surface area contributed by atoms with Crippen molar-refractivity contribution in [3.8, 4) is 17.6 Å². The summed E-state index contributed by atoms with van der Waals surface area (Å²) in [5, 5.41) is 0. The molecule has 0 aliphatic rings. The molecule has 1 aromatic rings. The second kappa shape index (κ2) is 7.22. The van der Waals surface area contributed by atoms with E-state index >= 15 is 0 Å². The van der Waals surface area contributed by atoms with Crippen LogP contribution in [0.3, 0.4) is 0 Å². The highest BCUT2D eigenvalue weighted by Crippen LogP contribution is 2.18. The van der Waals surface area contributed by atoms with Gasteiger partial charge in [0, 0.05) is 6.07 Å². The summed E-state index contributed by atoms with van der Waals surface area (Å²) in [4.78, 5) is 0. The summed E-state index contributed by atoms with van der Waals surface area (Å²) in [7, 11) is 0. The molecule has 0 aliphatic carbocycles. The third-order valence-electron chi connectivity index (χ3n) is 1.85. The molecule has 1 aromatic carbocycles. The normalized spacial score (nSPS) is 10.8. The molecular weight excluding hydrogens is 288 g/mol. The van der Waals surface area contributed by atoms with Crippen LogP contribution in [0.5, 0.6) is 5.75 Å². The van der Waals surface area contributed by atoms with Crippen LogP contribution in [-0.2, 0) is 4.74 Å². The molecule has 0 aliphatic heterocycles. The average Bonchev–Trinajstić information content (AvgIpc) is 2.32. The lowest BCUT2D eigenvalue weighted by atomic mass is 10.2. The summed E-state index contributed by atoms with van der Waals surface area (Å²) in [5.74, 6) is 4.51. The molecule has 0 atom stereocenters. The maximum atomic E-state index is 13.4. The summed E-state index contributed by atoms with van der Waals surface area (Å²) in [5.41, 5.74) is 0.138. The van der Waals surface area contributed by atoms with Gasteiger partial charge in [-0.15, -0.1) is 24.8 Å². The standard InChI is InChI=1S/C12H9ClF4O2/c13-5-1-2-9-3-4-10(8-11(9)14)18-6-7-19-12(15,16)17/h3-4,8H,5-7H2. The molecular formula is C12H9ClF4O2. The van der Waals surface area contributed by atoms with Gasteiger partial charge in [0.15, 0.2) is 0 Å². The third kappa shape index (κ3) is 6.32. The first kappa shape index (κ1) is 15.6. The number of ether oxygens (including phenoxy) is 2. The van der Waals surface area contributed by atoms with Crippen LogP contribution in [0.4, 0.5) is 17.6 Å². The van der Waals surface area contributed by atoms with Crippen molar-refractivity contribution in [1.29, 1.82) is 0 Å². The van der Waals surface area contributed by atoms with Gasteiger partial charge in [0.05, 0.1) is 18.1 Å². The zero-order chi connectivity index (χ0) is 14.3. The zero-order valence-corrected chi connectivity index (χ0v) is 10.3. The van der Waals surface area contributed by atoms with E-state index in [1.807, 2.05) is 0 Å². The molecule has 19 heavy (non-hydrogen) atoms. The molecule has 0 radical (unpaired) electrons. The Hall–Kier alpha value is -1.45. The van der Waals surface area contributed by atoms with Crippen molar-refractivity contribution in [1.82, 2.24) is 0 Å². The SMILES string of the molecule is Fc1cc(OCCOC(F)(F)F)ccc1C#CCCl. The number of hydrogen-bond acceptors (Lipinski definition) is 2. The van der Waals surface area contributed by atoms with E-state index in [2.05, 4.69) is 16.6 Å². The van der Waals surface area contributed by atoms with E-state index in [0.717, 1.165) is 6.07 Å². The molecule has 0 heterocycles. The minimum absolute atomic E-state index is 0.0759. The van der Waals surface area contributed by atoms with Gasteiger partial charge in [0.1, 0.15) is 18.2 Å². The smallest absolute Gasteiger partial charge is 0.491 e. The van der Waals surface area contributed by atoms with Crippen LogP contribution in [0.15, 0.2) is 18.2 Å². The van der Waals surface area contributed by atoms with E-state index in [4.69, 9.17) is 16.3 Å². The molecule has 0 bridgehead atoms. The summed E-state index contributed by atoms with van der Waals surface area (Å²) in [6.45, 7) is -1.01. The van der Waals surface area contributed by atoms with Crippen molar-refractivity contribution < 1.29 is 27.0 Å². The zero-order valence-electron chi connectivity index (χ0n) is 9.56. The molecule has 104 valence electrons. The van der Waals surface area contributed by atoms with Gasteiger partial charge in [-0.05, 0) is 12.1 Å². The predicted octanol–water partition coefficient (Wildman–Crippen LogP) is 3.33. The first-order valence-electron chi connectivity index (χ1n) is 5.10. The quantitative estimate of drug-likeness (QED) is 0.367. The monoisotopic (exact) mass is 296 g/mol. The number of alkyl halides is 4. The summed E-state index contributed by atoms with van der Waals surface area (Å²) in [6, 6.07) is 3.79. The highest BCUT2D eigenvalue weighted by molar-refractivity contribution is 6.19. The van der Waals surface area contributed by atoms with Crippen LogP contribution in [-0.4, -0.2) is 25.5 Å². The van der Waals surface area contributed by atoms with Crippen LogP contribution < -0.4 is 4.74 Å². The van der Waals surface area contributed by atoms with Crippen molar-refractivity contribution in [2.45, 2.75) is 6.36 Å². The van der Waals surface area contributed by atoms with Gasteiger partial charge in [0.2, 0.25) is 0 Å². The minimum Gasteiger partial charge on any atom is -0.491 e. The minimum atomic E-state index is -4.70. The molecule has 7 heteroatoms. The van der Waals surface area contributed by atoms with Crippen molar-refractivity contribution in [3.63, 3.8) is 0 Å². The number of rotatable bonds is 4. The van der Waals surface area contributed by atoms with Crippen molar-refractivity contribution in [2.24, 2.45) is 0 Å². The van der Waals surface area contributed by atoms with E-state index in [1.165, 1.54) is 12.1 Å². The predicted molar refractivity (Wildman–Crippen MR) is 61.5 cm³/mol. The van der Waals surface area contributed by atoms with Crippen LogP contribution in [0.25, 0.3) is 0 Å². The Balaban J connectivity index is 2.50. The fourth-order valence-electron chi connectivity index (χ4n) is 1.13. The molecule has 1 rings (SSSR count). The Morgan fingerprint density at radius 2 is 1.95 bits per heavy atom. The summed E-state index contributed by atoms with van der Waals surface area (Å²) >= 11 is 5.33. The highest BCUT2D eigenvalue weighted by Gasteiger charge is 2.28. The van der Waals surface area contributed by atoms with Gasteiger partial charge in [0.25, 0.3) is 0 Å². The molecule has 0 N–H and O–H groups in total. The molecule has 0 spiro atoms. The first-order valence-corrected chi connectivity index (χ1v) is 5.63. The van der Waals surface area contributed by atoms with E-state index in [-0.39, 0.29) is 23.8 Å². The summed E-state index contributed by atoms with van der Waals surface area (Å²) in [6.07, 6.45) is -4.70. The van der Waals surface area contributed by atoms with E-state index < -0.39 is 18.8 Å². The Morgan fingerprint density at radius 1 is 1.21 bits per heavy atom. The van der Waals surface area contributed by atoms with E-state index in [9.17, 15) is 17.6 Å². The topological polar surface area (TPSA) is 18.5 Å². The molecule has 0 saturated carbocycles. The van der Waals surface area contributed by atoms with Crippen molar-refractivity contribution in [3.05, 3.63) is 29.6 Å². The molecule has 0 saturated heterocycles. The van der Waals surface area contributed by atoms with E-state index in [1.54, 1.807) is 0 Å². The largest absolute Gasteiger partial charge is 0.522 e. The second-order valence-electron chi connectivity index (χ2n) is 3.22. The summed E-state index contributed by atoms with van der Waals surface area (Å²) < 4.78 is 56.8. The van der Waals surface area contributed by atoms with Crippen molar-refractivity contribution in [2.75, 3.05) is 19.1 Å². The van der Waals surface area contributed by atoms with Crippen molar-refractivity contribution >= 4 is 11.6 Å². The fraction of sp³-hybridized carbons (Fsp3) is 0.333. The van der Waals surface area contributed by atoms with Gasteiger partial charge < -0.3 is 4.74 Å². The Morgan fingerprint density at radius 3 is 2.53 bits per heavy atom. The fourth-order valence-corrected chi connectivity index (χ4v) is 1.20. The number of benzene rings is 1. The van der Waals surface area contributed by atoms with Crippen LogP contribution >= 0.6 is 11.6 Å². The van der Waals surface area contributed by atoms with Gasteiger partial charge in [-0.25, -0.2) is 4.39 Å². The lowest BCUT2D eigenvalue weighted by molar-refractivity contribution is -0.325.